The third kappa shape index (κ3) is 7.93. The fourth-order valence-corrected chi connectivity index (χ4v) is 7.46. The number of para-hydroxylation sites is 3. The van der Waals surface area contributed by atoms with Gasteiger partial charge in [0.05, 0.1) is 35.3 Å². The first-order valence-electron chi connectivity index (χ1n) is 15.2. The molecule has 5 rings (SSSR count). The SMILES string of the molecule is C[C@@H]1CN([C@H](C)CO)C(=O)c2cccc(NS(=O)(=O)c3cccs3)c2O[C@@H]1CN(C)Cc1ccc(C(=O)Nc2ccccc2N)cc1. The summed E-state index contributed by atoms with van der Waals surface area (Å²) < 4.78 is 35.7. The Labute approximate surface area is 279 Å². The first-order chi connectivity index (χ1) is 22.5. The molecule has 0 radical (unpaired) electrons. The van der Waals surface area contributed by atoms with Gasteiger partial charge in [0.2, 0.25) is 0 Å². The molecule has 5 N–H and O–H groups in total. The standard InChI is InChI=1S/C34H39N5O6S2/c1-22-18-39(23(2)21-40)34(42)26-8-6-11-29(37-47(43,44)31-12-7-17-46-31)32(26)45-30(22)20-38(3)19-24-13-15-25(16-14-24)33(41)36-28-10-5-4-9-27(28)35/h4-17,22-23,30,37,40H,18-21,35H2,1-3H3,(H,36,41)/t22-,23-,30-/m1/s1. The van der Waals surface area contributed by atoms with Gasteiger partial charge in [-0.25, -0.2) is 8.42 Å². The van der Waals surface area contributed by atoms with Crippen LogP contribution in [0.4, 0.5) is 17.1 Å². The number of amides is 2. The van der Waals surface area contributed by atoms with E-state index in [9.17, 15) is 23.1 Å². The van der Waals surface area contributed by atoms with Gasteiger partial charge in [-0.05, 0) is 67.4 Å². The number of benzene rings is 3. The van der Waals surface area contributed by atoms with E-state index in [4.69, 9.17) is 10.5 Å². The molecule has 2 amide bonds. The highest BCUT2D eigenvalue weighted by atomic mass is 32.2. The molecule has 3 aromatic carbocycles. The van der Waals surface area contributed by atoms with E-state index in [2.05, 4.69) is 14.9 Å². The van der Waals surface area contributed by atoms with E-state index < -0.39 is 22.2 Å². The van der Waals surface area contributed by atoms with Gasteiger partial charge in [0.1, 0.15) is 10.3 Å². The van der Waals surface area contributed by atoms with Crippen LogP contribution in [0.2, 0.25) is 0 Å². The predicted molar refractivity (Wildman–Crippen MR) is 184 cm³/mol. The molecule has 0 aliphatic carbocycles. The Bertz CT molecular complexity index is 1810. The molecule has 3 atom stereocenters. The summed E-state index contributed by atoms with van der Waals surface area (Å²) in [6.07, 6.45) is -0.450. The second-order valence-corrected chi connectivity index (χ2v) is 14.6. The quantitative estimate of drug-likeness (QED) is 0.166. The van der Waals surface area contributed by atoms with Crippen molar-refractivity contribution in [3.63, 3.8) is 0 Å². The third-order valence-electron chi connectivity index (χ3n) is 8.06. The highest BCUT2D eigenvalue weighted by molar-refractivity contribution is 7.94. The molecule has 0 spiro atoms. The maximum atomic E-state index is 13.8. The molecular formula is C34H39N5O6S2. The number of nitrogen functional groups attached to an aromatic ring is 1. The number of carbonyl (C=O) groups is 2. The number of rotatable bonds is 11. The van der Waals surface area contributed by atoms with Gasteiger partial charge >= 0.3 is 0 Å². The molecule has 1 aromatic heterocycles. The zero-order valence-electron chi connectivity index (χ0n) is 26.4. The van der Waals surface area contributed by atoms with Crippen molar-refractivity contribution in [1.82, 2.24) is 9.80 Å². The average Bonchev–Trinajstić information content (AvgIpc) is 3.61. The molecule has 1 aliphatic rings. The summed E-state index contributed by atoms with van der Waals surface area (Å²) in [5.41, 5.74) is 8.83. The van der Waals surface area contributed by atoms with Crippen LogP contribution < -0.4 is 20.5 Å². The van der Waals surface area contributed by atoms with Crippen LogP contribution in [-0.2, 0) is 16.6 Å². The smallest absolute Gasteiger partial charge is 0.271 e. The second-order valence-electron chi connectivity index (χ2n) is 11.8. The summed E-state index contributed by atoms with van der Waals surface area (Å²) in [5, 5.41) is 14.5. The van der Waals surface area contributed by atoms with E-state index in [1.807, 2.05) is 26.1 Å². The van der Waals surface area contributed by atoms with E-state index in [0.29, 0.717) is 36.6 Å². The Morgan fingerprint density at radius 2 is 1.81 bits per heavy atom. The minimum Gasteiger partial charge on any atom is -0.486 e. The maximum absolute atomic E-state index is 13.8. The molecule has 4 aromatic rings. The number of thiophene rings is 1. The molecule has 2 heterocycles. The van der Waals surface area contributed by atoms with E-state index in [0.717, 1.165) is 16.9 Å². The van der Waals surface area contributed by atoms with Gasteiger partial charge < -0.3 is 25.8 Å². The summed E-state index contributed by atoms with van der Waals surface area (Å²) in [7, 11) is -1.98. The average molecular weight is 678 g/mol. The number of hydrogen-bond acceptors (Lipinski definition) is 9. The van der Waals surface area contributed by atoms with Gasteiger partial charge in [-0.15, -0.1) is 11.3 Å². The fourth-order valence-electron chi connectivity index (χ4n) is 5.40. The van der Waals surface area contributed by atoms with Gasteiger partial charge in [0.25, 0.3) is 21.8 Å². The summed E-state index contributed by atoms with van der Waals surface area (Å²) >= 11 is 1.09. The third-order valence-corrected chi connectivity index (χ3v) is 10.8. The maximum Gasteiger partial charge on any atom is 0.271 e. The van der Waals surface area contributed by atoms with E-state index in [-0.39, 0.29) is 45.5 Å². The van der Waals surface area contributed by atoms with E-state index in [1.165, 1.54) is 6.07 Å². The van der Waals surface area contributed by atoms with Crippen molar-refractivity contribution < 1.29 is 27.9 Å². The monoisotopic (exact) mass is 677 g/mol. The lowest BCUT2D eigenvalue weighted by molar-refractivity contribution is 0.0344. The summed E-state index contributed by atoms with van der Waals surface area (Å²) in [4.78, 5) is 30.2. The zero-order valence-corrected chi connectivity index (χ0v) is 28.1. The number of likely N-dealkylation sites (N-methyl/N-ethyl adjacent to an activating group) is 1. The zero-order chi connectivity index (χ0) is 33.7. The molecule has 0 saturated heterocycles. The number of sulfonamides is 1. The van der Waals surface area contributed by atoms with E-state index >= 15 is 0 Å². The van der Waals surface area contributed by atoms with Crippen molar-refractivity contribution >= 4 is 50.2 Å². The molecule has 0 fully saturated rings. The van der Waals surface area contributed by atoms with Crippen molar-refractivity contribution in [3.05, 3.63) is 101 Å². The minimum atomic E-state index is -3.92. The number of nitrogens with one attached hydrogen (secondary N) is 2. The molecular weight excluding hydrogens is 639 g/mol. The molecule has 0 unspecified atom stereocenters. The van der Waals surface area contributed by atoms with Gasteiger partial charge in [-0.3, -0.25) is 19.2 Å². The molecule has 1 aliphatic heterocycles. The molecule has 248 valence electrons. The van der Waals surface area contributed by atoms with Crippen molar-refractivity contribution in [1.29, 1.82) is 0 Å². The number of carbonyl (C=O) groups excluding carboxylic acids is 2. The van der Waals surface area contributed by atoms with Crippen LogP contribution in [0.1, 0.15) is 40.1 Å². The van der Waals surface area contributed by atoms with Crippen LogP contribution in [0.15, 0.2) is 88.5 Å². The first kappa shape index (κ1) is 33.9. The molecule has 11 nitrogen and oxygen atoms in total. The Kier molecular flexibility index (Phi) is 10.5. The molecule has 47 heavy (non-hydrogen) atoms. The lowest BCUT2D eigenvalue weighted by Crippen LogP contribution is -2.49. The number of nitrogens with zero attached hydrogens (tertiary/aromatic N) is 2. The minimum absolute atomic E-state index is 0.139. The van der Waals surface area contributed by atoms with Gasteiger partial charge in [-0.1, -0.05) is 43.3 Å². The van der Waals surface area contributed by atoms with Crippen molar-refractivity contribution in [2.24, 2.45) is 5.92 Å². The Morgan fingerprint density at radius 3 is 2.49 bits per heavy atom. The first-order valence-corrected chi connectivity index (χ1v) is 17.5. The van der Waals surface area contributed by atoms with Crippen LogP contribution in [0.3, 0.4) is 0 Å². The molecule has 13 heteroatoms. The van der Waals surface area contributed by atoms with E-state index in [1.54, 1.807) is 77.9 Å². The van der Waals surface area contributed by atoms with Crippen LogP contribution in [0.5, 0.6) is 5.75 Å². The van der Waals surface area contributed by atoms with Gasteiger partial charge in [0.15, 0.2) is 5.75 Å². The molecule has 0 bridgehead atoms. The predicted octanol–water partition coefficient (Wildman–Crippen LogP) is 4.74. The molecule has 0 saturated carbocycles. The van der Waals surface area contributed by atoms with Crippen LogP contribution in [-0.4, -0.2) is 74.0 Å². The normalized spacial score (nSPS) is 17.3. The highest BCUT2D eigenvalue weighted by Crippen LogP contribution is 2.36. The lowest BCUT2D eigenvalue weighted by atomic mass is 9.99. The Balaban J connectivity index is 1.36. The van der Waals surface area contributed by atoms with Crippen molar-refractivity contribution in [2.75, 3.05) is 42.5 Å². The number of aliphatic hydroxyl groups excluding tert-OH is 1. The summed E-state index contributed by atoms with van der Waals surface area (Å²) in [5.74, 6) is -0.648. The van der Waals surface area contributed by atoms with Crippen LogP contribution in [0.25, 0.3) is 0 Å². The number of anilines is 3. The van der Waals surface area contributed by atoms with Crippen LogP contribution in [0, 0.1) is 5.92 Å². The number of nitrogens with two attached hydrogens (primary N) is 1. The van der Waals surface area contributed by atoms with Crippen molar-refractivity contribution in [3.8, 4) is 5.75 Å². The highest BCUT2D eigenvalue weighted by Gasteiger charge is 2.35. The number of ether oxygens (including phenoxy) is 1. The van der Waals surface area contributed by atoms with Gasteiger partial charge in [0, 0.05) is 31.1 Å². The van der Waals surface area contributed by atoms with Crippen molar-refractivity contribution in [2.45, 2.75) is 36.7 Å². The number of aliphatic hydroxyl groups is 1. The topological polar surface area (TPSA) is 154 Å². The Hall–Kier alpha value is -4.43. The summed E-state index contributed by atoms with van der Waals surface area (Å²) in [6, 6.07) is 21.9. The second kappa shape index (κ2) is 14.6. The number of fused-ring (bicyclic) bond motifs is 1. The number of hydrogen-bond donors (Lipinski definition) is 4. The van der Waals surface area contributed by atoms with Gasteiger partial charge in [-0.2, -0.15) is 0 Å². The summed E-state index contributed by atoms with van der Waals surface area (Å²) in [6.45, 7) is 4.83. The lowest BCUT2D eigenvalue weighted by Gasteiger charge is -2.38. The van der Waals surface area contributed by atoms with Crippen LogP contribution >= 0.6 is 11.3 Å². The fraction of sp³-hybridized carbons (Fsp3) is 0.294. The largest absolute Gasteiger partial charge is 0.486 e. The Morgan fingerprint density at radius 1 is 1.09 bits per heavy atom.